The summed E-state index contributed by atoms with van der Waals surface area (Å²) in [6.45, 7) is 6.55. The van der Waals surface area contributed by atoms with E-state index >= 15 is 0 Å². The molecule has 0 spiro atoms. The number of ether oxygens (including phenoxy) is 2. The van der Waals surface area contributed by atoms with Crippen molar-refractivity contribution in [3.8, 4) is 5.75 Å². The van der Waals surface area contributed by atoms with Crippen LogP contribution in [0.2, 0.25) is 0 Å². The lowest BCUT2D eigenvalue weighted by atomic mass is 10.0. The van der Waals surface area contributed by atoms with Gasteiger partial charge in [-0.1, -0.05) is 42.5 Å². The fourth-order valence-electron chi connectivity index (χ4n) is 3.90. The zero-order valence-electron chi connectivity index (χ0n) is 18.6. The van der Waals surface area contributed by atoms with Crippen LogP contribution in [0, 0.1) is 13.8 Å². The summed E-state index contributed by atoms with van der Waals surface area (Å²) in [5.41, 5.74) is 4.26. The molecule has 0 fully saturated rings. The third-order valence-electron chi connectivity index (χ3n) is 5.28. The molecule has 2 aromatic carbocycles. The Morgan fingerprint density at radius 2 is 1.81 bits per heavy atom. The smallest absolute Gasteiger partial charge is 0.259 e. The largest absolute Gasteiger partial charge is 0.496 e. The van der Waals surface area contributed by atoms with E-state index in [2.05, 4.69) is 5.32 Å². The van der Waals surface area contributed by atoms with Crippen LogP contribution in [0.25, 0.3) is 10.2 Å². The van der Waals surface area contributed by atoms with Gasteiger partial charge in [-0.3, -0.25) is 4.79 Å². The van der Waals surface area contributed by atoms with Gasteiger partial charge in [0.1, 0.15) is 16.7 Å². The van der Waals surface area contributed by atoms with Crippen molar-refractivity contribution in [2.24, 2.45) is 0 Å². The van der Waals surface area contributed by atoms with Gasteiger partial charge in [0.2, 0.25) is 0 Å². The predicted octanol–water partition coefficient (Wildman–Crippen LogP) is 6.30. The van der Waals surface area contributed by atoms with E-state index in [0.29, 0.717) is 17.9 Å². The highest BCUT2D eigenvalue weighted by Crippen LogP contribution is 2.44. The highest BCUT2D eigenvalue weighted by Gasteiger charge is 2.26. The lowest BCUT2D eigenvalue weighted by Crippen LogP contribution is -2.15. The maximum absolute atomic E-state index is 13.3. The lowest BCUT2D eigenvalue weighted by molar-refractivity contribution is 0.0940. The maximum atomic E-state index is 13.3. The Morgan fingerprint density at radius 3 is 2.53 bits per heavy atom. The zero-order valence-corrected chi connectivity index (χ0v) is 19.5. The van der Waals surface area contributed by atoms with Crippen LogP contribution in [0.1, 0.15) is 45.1 Å². The number of methoxy groups -OCH3 is 1. The molecule has 0 bridgehead atoms. The molecule has 1 atom stereocenters. The molecule has 0 aliphatic carbocycles. The molecule has 164 valence electrons. The highest BCUT2D eigenvalue weighted by molar-refractivity contribution is 7.19. The van der Waals surface area contributed by atoms with E-state index in [4.69, 9.17) is 14.5 Å². The molecule has 1 N–H and O–H groups in total. The summed E-state index contributed by atoms with van der Waals surface area (Å²) in [7, 11) is 1.56. The standard InChI is InChI=1S/C26H26N2O3S/c1-5-31-23(18-11-7-6-8-12-18)24-22(21-16(2)15-17(3)27-26(21)32-24)28-25(29)19-13-9-10-14-20(19)30-4/h6-15,23H,5H2,1-4H3,(H,28,29)/t23-/m1/s1. The molecule has 2 heterocycles. The van der Waals surface area contributed by atoms with Gasteiger partial charge in [-0.25, -0.2) is 4.98 Å². The molecule has 0 saturated carbocycles. The van der Waals surface area contributed by atoms with Crippen LogP contribution in [0.3, 0.4) is 0 Å². The molecular formula is C26H26N2O3S. The molecule has 5 nitrogen and oxygen atoms in total. The minimum absolute atomic E-state index is 0.230. The summed E-state index contributed by atoms with van der Waals surface area (Å²) in [6, 6.07) is 19.3. The van der Waals surface area contributed by atoms with E-state index < -0.39 is 0 Å². The molecular weight excluding hydrogens is 420 g/mol. The fourth-order valence-corrected chi connectivity index (χ4v) is 5.23. The van der Waals surface area contributed by atoms with Crippen molar-refractivity contribution < 1.29 is 14.3 Å². The Morgan fingerprint density at radius 1 is 1.09 bits per heavy atom. The first-order chi connectivity index (χ1) is 15.5. The zero-order chi connectivity index (χ0) is 22.7. The SMILES string of the molecule is CCO[C@H](c1ccccc1)c1sc2nc(C)cc(C)c2c1NC(=O)c1ccccc1OC. The molecule has 32 heavy (non-hydrogen) atoms. The van der Waals surface area contributed by atoms with Crippen molar-refractivity contribution >= 4 is 33.1 Å². The number of aryl methyl sites for hydroxylation is 2. The van der Waals surface area contributed by atoms with Gasteiger partial charge in [-0.15, -0.1) is 11.3 Å². The van der Waals surface area contributed by atoms with Crippen LogP contribution in [0.5, 0.6) is 5.75 Å². The first kappa shape index (κ1) is 22.0. The van der Waals surface area contributed by atoms with Crippen molar-refractivity contribution in [1.82, 2.24) is 4.98 Å². The van der Waals surface area contributed by atoms with Crippen molar-refractivity contribution in [2.75, 3.05) is 19.0 Å². The summed E-state index contributed by atoms with van der Waals surface area (Å²) in [5.74, 6) is 0.299. The molecule has 2 aromatic heterocycles. The van der Waals surface area contributed by atoms with E-state index in [-0.39, 0.29) is 12.0 Å². The molecule has 4 rings (SSSR count). The number of anilines is 1. The van der Waals surface area contributed by atoms with Gasteiger partial charge in [0.25, 0.3) is 5.91 Å². The van der Waals surface area contributed by atoms with Crippen molar-refractivity contribution in [3.05, 3.63) is 87.9 Å². The van der Waals surface area contributed by atoms with E-state index in [0.717, 1.165) is 37.6 Å². The van der Waals surface area contributed by atoms with Gasteiger partial charge < -0.3 is 14.8 Å². The summed E-state index contributed by atoms with van der Waals surface area (Å²) >= 11 is 1.56. The predicted molar refractivity (Wildman–Crippen MR) is 130 cm³/mol. The Kier molecular flexibility index (Phi) is 6.53. The molecule has 0 saturated heterocycles. The van der Waals surface area contributed by atoms with Gasteiger partial charge in [0.05, 0.1) is 23.2 Å². The monoisotopic (exact) mass is 446 g/mol. The third kappa shape index (κ3) is 4.24. The average molecular weight is 447 g/mol. The van der Waals surface area contributed by atoms with E-state index in [9.17, 15) is 4.79 Å². The van der Waals surface area contributed by atoms with Crippen LogP contribution in [-0.4, -0.2) is 24.6 Å². The molecule has 0 aliphatic rings. The normalized spacial score (nSPS) is 12.0. The Bertz CT molecular complexity index is 1250. The number of nitrogens with zero attached hydrogens (tertiary/aromatic N) is 1. The minimum Gasteiger partial charge on any atom is -0.496 e. The Hall–Kier alpha value is -3.22. The molecule has 6 heteroatoms. The number of thiophene rings is 1. The second kappa shape index (κ2) is 9.51. The first-order valence-electron chi connectivity index (χ1n) is 10.5. The van der Waals surface area contributed by atoms with E-state index in [1.807, 2.05) is 69.3 Å². The van der Waals surface area contributed by atoms with Gasteiger partial charge in [-0.2, -0.15) is 0 Å². The van der Waals surface area contributed by atoms with Crippen molar-refractivity contribution in [3.63, 3.8) is 0 Å². The summed E-state index contributed by atoms with van der Waals surface area (Å²) < 4.78 is 11.6. The number of carbonyl (C=O) groups excluding carboxylic acids is 1. The number of rotatable bonds is 7. The number of hydrogen-bond donors (Lipinski definition) is 1. The van der Waals surface area contributed by atoms with Gasteiger partial charge in [0.15, 0.2) is 0 Å². The molecule has 0 radical (unpaired) electrons. The fraction of sp³-hybridized carbons (Fsp3) is 0.231. The van der Waals surface area contributed by atoms with Gasteiger partial charge in [-0.05, 0) is 50.1 Å². The topological polar surface area (TPSA) is 60.5 Å². The van der Waals surface area contributed by atoms with Crippen molar-refractivity contribution in [1.29, 1.82) is 0 Å². The number of para-hydroxylation sites is 1. The van der Waals surface area contributed by atoms with Gasteiger partial charge >= 0.3 is 0 Å². The van der Waals surface area contributed by atoms with E-state index in [1.165, 1.54) is 0 Å². The summed E-state index contributed by atoms with van der Waals surface area (Å²) in [4.78, 5) is 19.9. The highest BCUT2D eigenvalue weighted by atomic mass is 32.1. The second-order valence-corrected chi connectivity index (χ2v) is 8.53. The quantitative estimate of drug-likeness (QED) is 0.362. The van der Waals surface area contributed by atoms with Crippen LogP contribution in [0.15, 0.2) is 60.7 Å². The van der Waals surface area contributed by atoms with Crippen LogP contribution in [-0.2, 0) is 4.74 Å². The summed E-state index contributed by atoms with van der Waals surface area (Å²) in [6.07, 6.45) is -0.312. The van der Waals surface area contributed by atoms with Crippen LogP contribution in [0.4, 0.5) is 5.69 Å². The van der Waals surface area contributed by atoms with Crippen LogP contribution >= 0.6 is 11.3 Å². The Balaban J connectivity index is 1.89. The van der Waals surface area contributed by atoms with Crippen LogP contribution < -0.4 is 10.1 Å². The number of aromatic nitrogens is 1. The number of fused-ring (bicyclic) bond motifs is 1. The molecule has 1 amide bonds. The lowest BCUT2D eigenvalue weighted by Gasteiger charge is -2.19. The summed E-state index contributed by atoms with van der Waals surface area (Å²) in [5, 5.41) is 4.11. The Labute approximate surface area is 192 Å². The molecule has 0 unspecified atom stereocenters. The second-order valence-electron chi connectivity index (χ2n) is 7.50. The number of pyridine rings is 1. The van der Waals surface area contributed by atoms with Crippen molar-refractivity contribution in [2.45, 2.75) is 26.9 Å². The number of benzene rings is 2. The maximum Gasteiger partial charge on any atom is 0.259 e. The number of nitrogens with one attached hydrogen (secondary N) is 1. The number of hydrogen-bond acceptors (Lipinski definition) is 5. The number of carbonyl (C=O) groups is 1. The van der Waals surface area contributed by atoms with E-state index in [1.54, 1.807) is 30.6 Å². The van der Waals surface area contributed by atoms with Gasteiger partial charge in [0, 0.05) is 17.7 Å². The molecule has 4 aromatic rings. The first-order valence-corrected chi connectivity index (χ1v) is 11.4. The molecule has 0 aliphatic heterocycles. The average Bonchev–Trinajstić information content (AvgIpc) is 3.15. The number of amides is 1. The third-order valence-corrected chi connectivity index (χ3v) is 6.41. The minimum atomic E-state index is -0.312.